The summed E-state index contributed by atoms with van der Waals surface area (Å²) < 4.78 is 14.4. The van der Waals surface area contributed by atoms with Crippen LogP contribution in [0.5, 0.6) is 0 Å². The first-order valence-electron chi connectivity index (χ1n) is 17.3. The van der Waals surface area contributed by atoms with Crippen LogP contribution in [0.3, 0.4) is 0 Å². The maximum atomic E-state index is 6.79. The Balaban J connectivity index is 1.38. The van der Waals surface area contributed by atoms with Gasteiger partial charge in [-0.25, -0.2) is 0 Å². The minimum absolute atomic E-state index is 0.724. The Hall–Kier alpha value is -6.24. The zero-order valence-electron chi connectivity index (χ0n) is 27.5. The van der Waals surface area contributed by atoms with Crippen molar-refractivity contribution in [3.05, 3.63) is 176 Å². The van der Waals surface area contributed by atoms with Crippen LogP contribution in [0.15, 0.2) is 180 Å². The van der Waals surface area contributed by atoms with Gasteiger partial charge >= 0.3 is 298 Å². The second-order valence-corrected chi connectivity index (χ2v) is 21.0. The maximum absolute atomic E-state index is 6.79. The van der Waals surface area contributed by atoms with Gasteiger partial charge in [-0.1, -0.05) is 0 Å². The van der Waals surface area contributed by atoms with Crippen LogP contribution in [0.1, 0.15) is 0 Å². The van der Waals surface area contributed by atoms with Crippen molar-refractivity contribution in [2.75, 3.05) is 0 Å². The third kappa shape index (κ3) is 3.91. The van der Waals surface area contributed by atoms with E-state index < -0.39 is 13.3 Å². The number of fused-ring (bicyclic) bond motifs is 10. The molecule has 0 radical (unpaired) electrons. The minimum atomic E-state index is -3.72. The van der Waals surface area contributed by atoms with Crippen LogP contribution < -0.4 is 17.7 Å². The van der Waals surface area contributed by atoms with E-state index in [2.05, 4.69) is 174 Å². The van der Waals surface area contributed by atoms with Gasteiger partial charge in [-0.3, -0.25) is 0 Å². The summed E-state index contributed by atoms with van der Waals surface area (Å²) in [6.45, 7) is 0. The molecule has 3 aromatic heterocycles. The Morgan fingerprint density at radius 3 is 1.86 bits per heavy atom. The second-order valence-electron chi connectivity index (χ2n) is 13.3. The number of hydrogen-bond donors (Lipinski definition) is 0. The van der Waals surface area contributed by atoms with E-state index in [4.69, 9.17) is 14.4 Å². The molecule has 1 aliphatic heterocycles. The molecule has 4 nitrogen and oxygen atoms in total. The molecule has 0 amide bonds. The Morgan fingerprint density at radius 2 is 1.10 bits per heavy atom. The van der Waals surface area contributed by atoms with Gasteiger partial charge in [-0.05, 0) is 0 Å². The first-order valence-corrected chi connectivity index (χ1v) is 21.5. The van der Waals surface area contributed by atoms with Crippen molar-refractivity contribution in [3.63, 3.8) is 0 Å². The van der Waals surface area contributed by atoms with E-state index in [9.17, 15) is 0 Å². The summed E-state index contributed by atoms with van der Waals surface area (Å²) in [5.41, 5.74) is 7.15. The summed E-state index contributed by atoms with van der Waals surface area (Å²) in [6, 6.07) is 63.1. The van der Waals surface area contributed by atoms with Gasteiger partial charge in [-0.15, -0.1) is 0 Å². The number of benzene rings is 7. The fourth-order valence-corrected chi connectivity index (χ4v) is 19.1. The van der Waals surface area contributed by atoms with Crippen LogP contribution in [0.4, 0.5) is 0 Å². The SMILES string of the molecule is c1ccc(-c2nc(-n3c4ccccc4c4ccc5c6ccccc6oc5c43)c3[c](n2)[Ge]([c]2ccccc2)([c]2ccccc2)[c]2ccccc2-3)cc1. The summed E-state index contributed by atoms with van der Waals surface area (Å²) >= 11 is -3.72. The molecule has 10 aromatic rings. The van der Waals surface area contributed by atoms with Gasteiger partial charge < -0.3 is 0 Å². The van der Waals surface area contributed by atoms with E-state index in [1.165, 1.54) is 18.8 Å². The number of furan rings is 1. The molecular weight excluding hydrogens is 683 g/mol. The predicted octanol–water partition coefficient (Wildman–Crippen LogP) is 8.50. The summed E-state index contributed by atoms with van der Waals surface area (Å²) in [4.78, 5) is 11.3. The van der Waals surface area contributed by atoms with Crippen LogP contribution in [0.2, 0.25) is 0 Å². The Bertz CT molecular complexity index is 2930. The molecule has 238 valence electrons. The molecule has 0 atom stereocenters. The van der Waals surface area contributed by atoms with E-state index in [1.807, 2.05) is 6.07 Å². The van der Waals surface area contributed by atoms with Crippen LogP contribution >= 0.6 is 0 Å². The van der Waals surface area contributed by atoms with Crippen molar-refractivity contribution in [2.24, 2.45) is 0 Å². The third-order valence-electron chi connectivity index (χ3n) is 10.7. The fraction of sp³-hybridized carbons (Fsp3) is 0. The monoisotopic (exact) mass is 713 g/mol. The van der Waals surface area contributed by atoms with Gasteiger partial charge in [0.25, 0.3) is 0 Å². The number of nitrogens with zero attached hydrogens (tertiary/aromatic N) is 3. The molecule has 11 rings (SSSR count). The molecule has 51 heavy (non-hydrogen) atoms. The molecule has 0 N–H and O–H groups in total. The zero-order chi connectivity index (χ0) is 33.5. The fourth-order valence-electron chi connectivity index (χ4n) is 8.58. The predicted molar refractivity (Wildman–Crippen MR) is 212 cm³/mol. The topological polar surface area (TPSA) is 43.9 Å². The molecule has 0 bridgehead atoms. The van der Waals surface area contributed by atoms with Crippen LogP contribution in [-0.2, 0) is 0 Å². The molecule has 4 heterocycles. The first kappa shape index (κ1) is 28.6. The van der Waals surface area contributed by atoms with Gasteiger partial charge in [0.05, 0.1) is 0 Å². The number of aromatic nitrogens is 3. The van der Waals surface area contributed by atoms with Crippen molar-refractivity contribution in [3.8, 4) is 28.3 Å². The molecule has 7 aromatic carbocycles. The number of para-hydroxylation sites is 2. The molecule has 0 saturated heterocycles. The number of rotatable bonds is 4. The van der Waals surface area contributed by atoms with Crippen LogP contribution in [-0.4, -0.2) is 27.8 Å². The molecule has 0 aliphatic carbocycles. The summed E-state index contributed by atoms with van der Waals surface area (Å²) in [7, 11) is 0. The molecule has 5 heteroatoms. The third-order valence-corrected chi connectivity index (χ3v) is 20.6. The Morgan fingerprint density at radius 1 is 0.490 bits per heavy atom. The second kappa shape index (κ2) is 10.9. The van der Waals surface area contributed by atoms with E-state index in [1.54, 1.807) is 0 Å². The van der Waals surface area contributed by atoms with E-state index in [-0.39, 0.29) is 0 Å². The normalized spacial score (nSPS) is 13.3. The molecule has 1 aliphatic rings. The molecule has 0 unspecified atom stereocenters. The van der Waals surface area contributed by atoms with Crippen molar-refractivity contribution in [1.29, 1.82) is 0 Å². The van der Waals surface area contributed by atoms with Gasteiger partial charge in [0.2, 0.25) is 0 Å². The van der Waals surface area contributed by atoms with Gasteiger partial charge in [0.1, 0.15) is 0 Å². The summed E-state index contributed by atoms with van der Waals surface area (Å²) in [5, 5.41) is 4.50. The van der Waals surface area contributed by atoms with Gasteiger partial charge in [0, 0.05) is 0 Å². The van der Waals surface area contributed by atoms with Crippen molar-refractivity contribution in [1.82, 2.24) is 14.5 Å². The quantitative estimate of drug-likeness (QED) is 0.172. The Kier molecular flexibility index (Phi) is 6.10. The number of hydrogen-bond acceptors (Lipinski definition) is 3. The average molecular weight is 712 g/mol. The average Bonchev–Trinajstić information content (AvgIpc) is 3.85. The van der Waals surface area contributed by atoms with E-state index >= 15 is 0 Å². The molecular formula is C46H29GeN3O. The molecule has 0 spiro atoms. The molecule has 0 saturated carbocycles. The van der Waals surface area contributed by atoms with Crippen LogP contribution in [0.25, 0.3) is 72.1 Å². The summed E-state index contributed by atoms with van der Waals surface area (Å²) in [6.07, 6.45) is 0. The first-order chi connectivity index (χ1) is 25.3. The van der Waals surface area contributed by atoms with Crippen molar-refractivity contribution >= 4 is 74.7 Å². The zero-order valence-corrected chi connectivity index (χ0v) is 29.6. The Labute approximate surface area is 296 Å². The van der Waals surface area contributed by atoms with E-state index in [0.717, 1.165) is 71.0 Å². The van der Waals surface area contributed by atoms with E-state index in [0.29, 0.717) is 0 Å². The summed E-state index contributed by atoms with van der Waals surface area (Å²) in [5.74, 6) is 1.60. The van der Waals surface area contributed by atoms with Crippen molar-refractivity contribution < 1.29 is 4.42 Å². The molecule has 0 fully saturated rings. The van der Waals surface area contributed by atoms with Crippen LogP contribution in [0, 0.1) is 0 Å². The van der Waals surface area contributed by atoms with Gasteiger partial charge in [0.15, 0.2) is 0 Å². The van der Waals surface area contributed by atoms with Crippen molar-refractivity contribution in [2.45, 2.75) is 0 Å². The standard InChI is InChI=1S/C46H29GeN3O/c1-4-16-30(17-5-1)45-48-44-41(37-24-10-13-25-38(37)47(44,31-18-6-2-7-19-31)32-20-8-3-9-21-32)46(49-45)50-39-26-14-11-22-33(39)35-28-29-36-34-23-12-15-27-40(34)51-43(36)42(35)50/h1-29H. The van der Waals surface area contributed by atoms with Gasteiger partial charge in [-0.2, -0.15) is 0 Å².